The summed E-state index contributed by atoms with van der Waals surface area (Å²) in [5, 5.41) is 20.1. The van der Waals surface area contributed by atoms with Gasteiger partial charge in [-0.05, 0) is 31.0 Å². The van der Waals surface area contributed by atoms with E-state index in [0.29, 0.717) is 25.1 Å². The average Bonchev–Trinajstić information content (AvgIpc) is 3.25. The van der Waals surface area contributed by atoms with Gasteiger partial charge in [-0.15, -0.1) is 0 Å². The monoisotopic (exact) mass is 448 g/mol. The van der Waals surface area contributed by atoms with E-state index in [2.05, 4.69) is 15.5 Å². The van der Waals surface area contributed by atoms with Crippen molar-refractivity contribution in [3.63, 3.8) is 0 Å². The number of phenolic OH excluding ortho intramolecular Hbond substituents is 1. The van der Waals surface area contributed by atoms with E-state index in [4.69, 9.17) is 4.74 Å². The fraction of sp³-hybridized carbons (Fsp3) is 0.320. The van der Waals surface area contributed by atoms with Gasteiger partial charge in [-0.3, -0.25) is 14.7 Å². The Balaban J connectivity index is 1.53. The van der Waals surface area contributed by atoms with Crippen molar-refractivity contribution in [2.75, 3.05) is 11.9 Å². The lowest BCUT2D eigenvalue weighted by atomic mass is 9.86. The number of likely N-dealkylation sites (N-methyl/N-ethyl adjacent to an activating group) is 1. The summed E-state index contributed by atoms with van der Waals surface area (Å²) < 4.78 is 6.12. The Hall–Kier alpha value is -3.65. The molecule has 0 radical (unpaired) electrons. The van der Waals surface area contributed by atoms with Gasteiger partial charge in [0.05, 0.1) is 23.6 Å². The Morgan fingerprint density at radius 3 is 2.61 bits per heavy atom. The maximum atomic E-state index is 13.2. The molecule has 0 spiro atoms. The van der Waals surface area contributed by atoms with Crippen molar-refractivity contribution in [3.8, 4) is 5.75 Å². The third-order valence-electron chi connectivity index (χ3n) is 6.19. The van der Waals surface area contributed by atoms with Crippen LogP contribution < -0.4 is 10.2 Å². The lowest BCUT2D eigenvalue weighted by Gasteiger charge is -2.34. The van der Waals surface area contributed by atoms with Crippen LogP contribution in [0.2, 0.25) is 0 Å². The summed E-state index contributed by atoms with van der Waals surface area (Å²) in [6.45, 7) is 4.13. The van der Waals surface area contributed by atoms with Gasteiger partial charge in [-0.2, -0.15) is 5.10 Å². The van der Waals surface area contributed by atoms with Crippen molar-refractivity contribution in [3.05, 3.63) is 77.1 Å². The molecule has 0 saturated carbocycles. The molecule has 0 bridgehead atoms. The Kier molecular flexibility index (Phi) is 6.20. The molecular formula is C25H28N4O4. The van der Waals surface area contributed by atoms with Gasteiger partial charge in [0.25, 0.3) is 5.91 Å². The number of nitrogens with zero attached hydrogens (tertiary/aromatic N) is 2. The van der Waals surface area contributed by atoms with E-state index in [1.807, 2.05) is 44.2 Å². The number of ether oxygens (including phenoxy) is 1. The lowest BCUT2D eigenvalue weighted by Crippen LogP contribution is -2.47. The minimum atomic E-state index is -0.769. The molecule has 1 aliphatic heterocycles. The maximum absolute atomic E-state index is 13.2. The molecule has 33 heavy (non-hydrogen) atoms. The average molecular weight is 449 g/mol. The number of carbonyl (C=O) groups is 2. The molecule has 2 heterocycles. The number of para-hydroxylation sites is 2. The molecule has 4 rings (SSSR count). The second-order valence-corrected chi connectivity index (χ2v) is 8.41. The molecule has 0 aliphatic carbocycles. The molecule has 2 aromatic carbocycles. The van der Waals surface area contributed by atoms with Gasteiger partial charge in [-0.25, -0.2) is 0 Å². The van der Waals surface area contributed by atoms with Crippen molar-refractivity contribution in [2.24, 2.45) is 0 Å². The second-order valence-electron chi connectivity index (χ2n) is 8.41. The van der Waals surface area contributed by atoms with E-state index in [1.54, 1.807) is 25.2 Å². The van der Waals surface area contributed by atoms with Gasteiger partial charge in [0.1, 0.15) is 11.8 Å². The first-order chi connectivity index (χ1) is 15.8. The molecule has 3 N–H and O–H groups in total. The minimum Gasteiger partial charge on any atom is -0.506 e. The first-order valence-electron chi connectivity index (χ1n) is 11.0. The number of nitrogens with one attached hydrogen (secondary N) is 2. The number of H-pyrrole nitrogens is 1. The van der Waals surface area contributed by atoms with Crippen LogP contribution in [0.15, 0.2) is 54.6 Å². The normalized spacial score (nSPS) is 18.3. The van der Waals surface area contributed by atoms with Crippen LogP contribution in [0.4, 0.5) is 5.69 Å². The number of rotatable bonds is 6. The van der Waals surface area contributed by atoms with Crippen LogP contribution in [0, 0.1) is 0 Å². The topological polar surface area (TPSA) is 108 Å². The highest BCUT2D eigenvalue weighted by Crippen LogP contribution is 2.36. The van der Waals surface area contributed by atoms with E-state index in [1.165, 1.54) is 11.0 Å². The summed E-state index contributed by atoms with van der Waals surface area (Å²) in [7, 11) is 1.57. The van der Waals surface area contributed by atoms with Crippen LogP contribution in [0.5, 0.6) is 5.75 Å². The summed E-state index contributed by atoms with van der Waals surface area (Å²) >= 11 is 0. The Morgan fingerprint density at radius 2 is 1.91 bits per heavy atom. The second kappa shape index (κ2) is 9.07. The molecule has 2 amide bonds. The molecule has 172 valence electrons. The number of anilines is 1. The highest BCUT2D eigenvalue weighted by Gasteiger charge is 2.37. The SMILES string of the molecule is CC[C@H](NC(=O)c1n[nH]c2c1CC(C)(c1ccccc1)OC2)C(=O)N(C)c1ccccc1O. The summed E-state index contributed by atoms with van der Waals surface area (Å²) in [6.07, 6.45) is 0.869. The van der Waals surface area contributed by atoms with Crippen molar-refractivity contribution in [1.82, 2.24) is 15.5 Å². The van der Waals surface area contributed by atoms with Gasteiger partial charge in [0.15, 0.2) is 5.69 Å². The minimum absolute atomic E-state index is 0.00361. The third kappa shape index (κ3) is 4.34. The van der Waals surface area contributed by atoms with E-state index in [-0.39, 0.29) is 17.4 Å². The van der Waals surface area contributed by atoms with E-state index in [9.17, 15) is 14.7 Å². The maximum Gasteiger partial charge on any atom is 0.272 e. The zero-order chi connectivity index (χ0) is 23.6. The zero-order valence-corrected chi connectivity index (χ0v) is 19.0. The molecule has 1 aliphatic rings. The van der Waals surface area contributed by atoms with Crippen LogP contribution >= 0.6 is 0 Å². The summed E-state index contributed by atoms with van der Waals surface area (Å²) in [6, 6.07) is 15.7. The van der Waals surface area contributed by atoms with Crippen LogP contribution in [0.25, 0.3) is 0 Å². The molecule has 1 aromatic heterocycles. The van der Waals surface area contributed by atoms with Crippen LogP contribution in [0.1, 0.15) is 47.6 Å². The Morgan fingerprint density at radius 1 is 1.21 bits per heavy atom. The van der Waals surface area contributed by atoms with E-state index >= 15 is 0 Å². The number of aromatic amines is 1. The molecule has 3 aromatic rings. The first kappa shape index (κ1) is 22.5. The van der Waals surface area contributed by atoms with Crippen molar-refractivity contribution >= 4 is 17.5 Å². The predicted molar refractivity (Wildman–Crippen MR) is 124 cm³/mol. The van der Waals surface area contributed by atoms with Crippen LogP contribution in [-0.4, -0.2) is 40.2 Å². The Bertz CT molecular complexity index is 1160. The zero-order valence-electron chi connectivity index (χ0n) is 19.0. The van der Waals surface area contributed by atoms with Crippen LogP contribution in [-0.2, 0) is 28.2 Å². The number of fused-ring (bicyclic) bond motifs is 1. The number of amides is 2. The number of aromatic nitrogens is 2. The predicted octanol–water partition coefficient (Wildman–Crippen LogP) is 3.27. The number of benzene rings is 2. The number of aromatic hydroxyl groups is 1. The highest BCUT2D eigenvalue weighted by atomic mass is 16.5. The molecule has 8 nitrogen and oxygen atoms in total. The van der Waals surface area contributed by atoms with Crippen molar-refractivity contribution in [2.45, 2.75) is 44.9 Å². The third-order valence-corrected chi connectivity index (χ3v) is 6.19. The summed E-state index contributed by atoms with van der Waals surface area (Å²) in [5.41, 5.74) is 2.64. The summed E-state index contributed by atoms with van der Waals surface area (Å²) in [4.78, 5) is 27.6. The number of hydrogen-bond donors (Lipinski definition) is 3. The fourth-order valence-electron chi connectivity index (χ4n) is 4.16. The number of carbonyl (C=O) groups excluding carboxylic acids is 2. The van der Waals surface area contributed by atoms with E-state index in [0.717, 1.165) is 16.8 Å². The van der Waals surface area contributed by atoms with Crippen molar-refractivity contribution < 1.29 is 19.4 Å². The molecule has 1 unspecified atom stereocenters. The highest BCUT2D eigenvalue weighted by molar-refractivity contribution is 6.02. The van der Waals surface area contributed by atoms with Gasteiger partial charge in [0.2, 0.25) is 5.91 Å². The summed E-state index contributed by atoms with van der Waals surface area (Å²) in [5.74, 6) is -0.749. The molecule has 2 atom stereocenters. The smallest absolute Gasteiger partial charge is 0.272 e. The molecule has 8 heteroatoms. The van der Waals surface area contributed by atoms with E-state index < -0.39 is 17.6 Å². The van der Waals surface area contributed by atoms with Gasteiger partial charge in [0, 0.05) is 19.0 Å². The van der Waals surface area contributed by atoms with Crippen LogP contribution in [0.3, 0.4) is 0 Å². The molecule has 0 fully saturated rings. The Labute approximate surface area is 192 Å². The standard InChI is InChI=1S/C25H28N4O4/c1-4-18(24(32)29(3)20-12-8-9-13-21(20)30)26-23(31)22-17-14-25(2,16-10-6-5-7-11-16)33-15-19(17)27-28-22/h5-13,18,30H,4,14-15H2,1-3H3,(H,26,31)(H,27,28)/t18-,25?/m0/s1. The fourth-order valence-corrected chi connectivity index (χ4v) is 4.16. The first-order valence-corrected chi connectivity index (χ1v) is 11.0. The quantitative estimate of drug-likeness (QED) is 0.536. The van der Waals surface area contributed by atoms with Gasteiger partial charge < -0.3 is 20.1 Å². The molecule has 0 saturated heterocycles. The van der Waals surface area contributed by atoms with Gasteiger partial charge in [-0.1, -0.05) is 49.4 Å². The molecular weight excluding hydrogens is 420 g/mol. The van der Waals surface area contributed by atoms with Gasteiger partial charge >= 0.3 is 0 Å². The van der Waals surface area contributed by atoms with Crippen molar-refractivity contribution in [1.29, 1.82) is 0 Å². The lowest BCUT2D eigenvalue weighted by molar-refractivity contribution is -0.120. The largest absolute Gasteiger partial charge is 0.506 e. The number of hydrogen-bond acceptors (Lipinski definition) is 5. The number of phenols is 1.